The topological polar surface area (TPSA) is 132 Å². The molecule has 0 bridgehead atoms. The molecule has 10 nitrogen and oxygen atoms in total. The Morgan fingerprint density at radius 2 is 1.86 bits per heavy atom. The number of nitro benzene ring substituents is 1. The Morgan fingerprint density at radius 3 is 2.47 bits per heavy atom. The second-order valence-electron chi connectivity index (χ2n) is 8.40. The molecule has 190 valence electrons. The van der Waals surface area contributed by atoms with Gasteiger partial charge in [0.25, 0.3) is 11.6 Å². The number of rotatable bonds is 10. The van der Waals surface area contributed by atoms with Crippen molar-refractivity contribution in [2.75, 3.05) is 11.1 Å². The van der Waals surface area contributed by atoms with E-state index in [1.165, 1.54) is 30.0 Å². The van der Waals surface area contributed by atoms with Crippen molar-refractivity contribution in [3.8, 4) is 0 Å². The van der Waals surface area contributed by atoms with Crippen LogP contribution >= 0.6 is 23.4 Å². The van der Waals surface area contributed by atoms with Gasteiger partial charge in [-0.2, -0.15) is 0 Å². The van der Waals surface area contributed by atoms with E-state index < -0.39 is 16.9 Å². The predicted molar refractivity (Wildman–Crippen MR) is 139 cm³/mol. The van der Waals surface area contributed by atoms with Crippen LogP contribution in [0.2, 0.25) is 5.02 Å². The van der Waals surface area contributed by atoms with Crippen molar-refractivity contribution in [2.45, 2.75) is 45.4 Å². The third kappa shape index (κ3) is 6.61. The van der Waals surface area contributed by atoms with E-state index in [9.17, 15) is 19.7 Å². The molecule has 12 heteroatoms. The molecule has 1 aromatic heterocycles. The summed E-state index contributed by atoms with van der Waals surface area (Å²) in [6.07, 6.45) is 0. The quantitative estimate of drug-likeness (QED) is 0.213. The summed E-state index contributed by atoms with van der Waals surface area (Å²) in [6.45, 7) is 8.39. The zero-order chi connectivity index (χ0) is 26.4. The number of aromatic nitrogens is 3. The summed E-state index contributed by atoms with van der Waals surface area (Å²) in [5.41, 5.74) is 1.61. The molecular weight excluding hydrogens is 504 g/mol. The van der Waals surface area contributed by atoms with Gasteiger partial charge in [0.1, 0.15) is 0 Å². The van der Waals surface area contributed by atoms with Crippen molar-refractivity contribution < 1.29 is 14.5 Å². The first kappa shape index (κ1) is 27.2. The lowest BCUT2D eigenvalue weighted by Gasteiger charge is -2.22. The van der Waals surface area contributed by atoms with E-state index in [-0.39, 0.29) is 34.0 Å². The summed E-state index contributed by atoms with van der Waals surface area (Å²) in [5, 5.41) is 25.9. The maximum atomic E-state index is 12.9. The van der Waals surface area contributed by atoms with Crippen LogP contribution in [0.4, 0.5) is 11.4 Å². The Labute approximate surface area is 218 Å². The van der Waals surface area contributed by atoms with Gasteiger partial charge in [-0.05, 0) is 38.0 Å². The SMILES string of the molecule is CCn1c(SCC(=O)Nc2cc([N+](=O)[O-])ccc2Cl)nnc1[C@@H](NC(=O)c1ccc(C)cc1)C(C)C. The van der Waals surface area contributed by atoms with Crippen LogP contribution in [-0.4, -0.2) is 37.3 Å². The number of nitro groups is 1. The molecule has 0 spiro atoms. The molecule has 0 fully saturated rings. The van der Waals surface area contributed by atoms with Crippen LogP contribution < -0.4 is 10.6 Å². The number of nitrogens with zero attached hydrogens (tertiary/aromatic N) is 4. The molecular formula is C24H27ClN6O4S. The van der Waals surface area contributed by atoms with Gasteiger partial charge in [-0.1, -0.05) is 54.9 Å². The zero-order valence-electron chi connectivity index (χ0n) is 20.3. The van der Waals surface area contributed by atoms with Gasteiger partial charge in [0.15, 0.2) is 11.0 Å². The van der Waals surface area contributed by atoms with E-state index in [4.69, 9.17) is 11.6 Å². The molecule has 0 unspecified atom stereocenters. The van der Waals surface area contributed by atoms with E-state index in [1.54, 1.807) is 12.1 Å². The van der Waals surface area contributed by atoms with Crippen molar-refractivity contribution in [1.29, 1.82) is 0 Å². The molecule has 0 aliphatic heterocycles. The minimum absolute atomic E-state index is 0.0147. The highest BCUT2D eigenvalue weighted by atomic mass is 35.5. The van der Waals surface area contributed by atoms with Crippen LogP contribution in [0.5, 0.6) is 0 Å². The molecule has 0 saturated carbocycles. The van der Waals surface area contributed by atoms with Crippen LogP contribution in [0.1, 0.15) is 48.6 Å². The molecule has 2 amide bonds. The van der Waals surface area contributed by atoms with Crippen LogP contribution in [0.3, 0.4) is 0 Å². The normalized spacial score (nSPS) is 11.8. The van der Waals surface area contributed by atoms with Crippen molar-refractivity contribution in [1.82, 2.24) is 20.1 Å². The predicted octanol–water partition coefficient (Wildman–Crippen LogP) is 5.03. The van der Waals surface area contributed by atoms with Crippen LogP contribution in [0, 0.1) is 23.0 Å². The average molecular weight is 531 g/mol. The monoisotopic (exact) mass is 530 g/mol. The van der Waals surface area contributed by atoms with E-state index in [2.05, 4.69) is 20.8 Å². The first-order chi connectivity index (χ1) is 17.1. The lowest BCUT2D eigenvalue weighted by Crippen LogP contribution is -2.33. The zero-order valence-corrected chi connectivity index (χ0v) is 21.9. The number of nitrogens with one attached hydrogen (secondary N) is 2. The minimum Gasteiger partial charge on any atom is -0.342 e. The smallest absolute Gasteiger partial charge is 0.271 e. The number of hydrogen-bond donors (Lipinski definition) is 2. The average Bonchev–Trinajstić information content (AvgIpc) is 3.25. The Morgan fingerprint density at radius 1 is 1.17 bits per heavy atom. The van der Waals surface area contributed by atoms with Gasteiger partial charge < -0.3 is 15.2 Å². The molecule has 36 heavy (non-hydrogen) atoms. The highest BCUT2D eigenvalue weighted by Gasteiger charge is 2.26. The molecule has 0 aliphatic rings. The largest absolute Gasteiger partial charge is 0.342 e. The highest BCUT2D eigenvalue weighted by Crippen LogP contribution is 2.28. The number of hydrogen-bond acceptors (Lipinski definition) is 7. The Hall–Kier alpha value is -3.44. The molecule has 0 aliphatic carbocycles. The Kier molecular flexibility index (Phi) is 9.05. The number of anilines is 1. The second kappa shape index (κ2) is 12.0. The van der Waals surface area contributed by atoms with Crippen LogP contribution in [-0.2, 0) is 11.3 Å². The molecule has 0 saturated heterocycles. The summed E-state index contributed by atoms with van der Waals surface area (Å²) >= 11 is 7.24. The molecule has 1 heterocycles. The second-order valence-corrected chi connectivity index (χ2v) is 9.75. The fourth-order valence-corrected chi connectivity index (χ4v) is 4.41. The minimum atomic E-state index is -0.561. The molecule has 0 radical (unpaired) electrons. The summed E-state index contributed by atoms with van der Waals surface area (Å²) in [7, 11) is 0. The molecule has 2 N–H and O–H groups in total. The van der Waals surface area contributed by atoms with Gasteiger partial charge in [0.05, 0.1) is 27.4 Å². The number of benzene rings is 2. The van der Waals surface area contributed by atoms with E-state index in [1.807, 2.05) is 44.4 Å². The van der Waals surface area contributed by atoms with Gasteiger partial charge in [-0.15, -0.1) is 10.2 Å². The fraction of sp³-hybridized carbons (Fsp3) is 0.333. The van der Waals surface area contributed by atoms with E-state index in [0.29, 0.717) is 23.1 Å². The molecule has 1 atom stereocenters. The number of thioether (sulfide) groups is 1. The lowest BCUT2D eigenvalue weighted by atomic mass is 10.0. The molecule has 2 aromatic carbocycles. The number of non-ortho nitro benzene ring substituents is 1. The third-order valence-electron chi connectivity index (χ3n) is 5.37. The van der Waals surface area contributed by atoms with Crippen molar-refractivity contribution in [3.63, 3.8) is 0 Å². The van der Waals surface area contributed by atoms with Crippen molar-refractivity contribution >= 4 is 46.6 Å². The van der Waals surface area contributed by atoms with Crippen LogP contribution in [0.25, 0.3) is 0 Å². The summed E-state index contributed by atoms with van der Waals surface area (Å²) in [5.74, 6) is 0.00674. The van der Waals surface area contributed by atoms with Crippen molar-refractivity contribution in [3.05, 3.63) is 74.6 Å². The highest BCUT2D eigenvalue weighted by molar-refractivity contribution is 7.99. The number of carbonyl (C=O) groups excluding carboxylic acids is 2. The standard InChI is InChI=1S/C24H27ClN6O4S/c1-5-30-22(21(14(2)3)27-23(33)16-8-6-15(4)7-9-16)28-29-24(30)36-13-20(32)26-19-12-17(31(34)35)10-11-18(19)25/h6-12,14,21H,5,13H2,1-4H3,(H,26,32)(H,27,33)/t21-/m0/s1. The number of amides is 2. The first-order valence-corrected chi connectivity index (χ1v) is 12.6. The van der Waals surface area contributed by atoms with Gasteiger partial charge in [-0.3, -0.25) is 19.7 Å². The third-order valence-corrected chi connectivity index (χ3v) is 6.67. The number of halogens is 1. The van der Waals surface area contributed by atoms with Crippen LogP contribution in [0.15, 0.2) is 47.6 Å². The maximum Gasteiger partial charge on any atom is 0.271 e. The summed E-state index contributed by atoms with van der Waals surface area (Å²) in [4.78, 5) is 35.8. The Balaban J connectivity index is 1.72. The Bertz CT molecular complexity index is 1260. The van der Waals surface area contributed by atoms with Crippen molar-refractivity contribution in [2.24, 2.45) is 5.92 Å². The number of aryl methyl sites for hydroxylation is 1. The molecule has 3 aromatic rings. The summed E-state index contributed by atoms with van der Waals surface area (Å²) < 4.78 is 1.86. The van der Waals surface area contributed by atoms with E-state index >= 15 is 0 Å². The fourth-order valence-electron chi connectivity index (χ4n) is 3.43. The van der Waals surface area contributed by atoms with Gasteiger partial charge in [0, 0.05) is 24.2 Å². The molecule has 3 rings (SSSR count). The van der Waals surface area contributed by atoms with Gasteiger partial charge >= 0.3 is 0 Å². The maximum absolute atomic E-state index is 12.9. The summed E-state index contributed by atoms with van der Waals surface area (Å²) in [6, 6.07) is 10.8. The van der Waals surface area contributed by atoms with E-state index in [0.717, 1.165) is 5.56 Å². The number of carbonyl (C=O) groups is 2. The van der Waals surface area contributed by atoms with Gasteiger partial charge in [-0.25, -0.2) is 0 Å². The van der Waals surface area contributed by atoms with Gasteiger partial charge in [0.2, 0.25) is 5.91 Å². The first-order valence-electron chi connectivity index (χ1n) is 11.3. The lowest BCUT2D eigenvalue weighted by molar-refractivity contribution is -0.384.